The number of aromatic nitrogens is 2. The van der Waals surface area contributed by atoms with E-state index in [9.17, 15) is 9.59 Å². The van der Waals surface area contributed by atoms with Gasteiger partial charge in [-0.3, -0.25) is 9.36 Å². The summed E-state index contributed by atoms with van der Waals surface area (Å²) in [5.74, 6) is -0.152. The molecule has 3 rings (SSSR count). The minimum Gasteiger partial charge on any atom is -0.463 e. The van der Waals surface area contributed by atoms with Gasteiger partial charge in [0.2, 0.25) is 0 Å². The molecule has 0 spiro atoms. The number of carbonyl (C=O) groups is 1. The van der Waals surface area contributed by atoms with Crippen molar-refractivity contribution in [3.63, 3.8) is 0 Å². The highest BCUT2D eigenvalue weighted by molar-refractivity contribution is 7.80. The van der Waals surface area contributed by atoms with E-state index in [1.165, 1.54) is 4.57 Å². The van der Waals surface area contributed by atoms with Gasteiger partial charge in [0.1, 0.15) is 6.61 Å². The van der Waals surface area contributed by atoms with Gasteiger partial charge in [0, 0.05) is 7.05 Å². The number of ether oxygens (including phenoxy) is 2. The van der Waals surface area contributed by atoms with E-state index in [0.29, 0.717) is 44.1 Å². The number of rotatable bonds is 5. The largest absolute Gasteiger partial charge is 0.463 e. The molecule has 0 radical (unpaired) electrons. The van der Waals surface area contributed by atoms with E-state index in [0.717, 1.165) is 0 Å². The summed E-state index contributed by atoms with van der Waals surface area (Å²) in [6.45, 7) is 5.42. The summed E-state index contributed by atoms with van der Waals surface area (Å²) in [6.07, 6.45) is 0. The number of carbonyl (C=O) groups excluding carboxylic acids is 1. The van der Waals surface area contributed by atoms with Crippen molar-refractivity contribution < 1.29 is 14.3 Å². The predicted molar refractivity (Wildman–Crippen MR) is 124 cm³/mol. The average Bonchev–Trinajstić information content (AvgIpc) is 2.72. The molecule has 9 heteroatoms. The molecule has 0 amide bonds. The Morgan fingerprint density at radius 3 is 2.61 bits per heavy atom. The van der Waals surface area contributed by atoms with E-state index >= 15 is 0 Å². The van der Waals surface area contributed by atoms with Gasteiger partial charge in [0.15, 0.2) is 5.82 Å². The Balaban J connectivity index is 2.35. The summed E-state index contributed by atoms with van der Waals surface area (Å²) >= 11 is 11.4. The third-order valence-electron chi connectivity index (χ3n) is 4.79. The minimum atomic E-state index is -0.477. The van der Waals surface area contributed by atoms with Crippen molar-refractivity contribution in [2.75, 3.05) is 13.7 Å². The fourth-order valence-electron chi connectivity index (χ4n) is 3.44. The van der Waals surface area contributed by atoms with Gasteiger partial charge < -0.3 is 14.8 Å². The van der Waals surface area contributed by atoms with Crippen LogP contribution >= 0.6 is 23.8 Å². The third-order valence-corrected chi connectivity index (χ3v) is 5.43. The summed E-state index contributed by atoms with van der Waals surface area (Å²) in [6, 6.07) is 8.64. The van der Waals surface area contributed by atoms with Crippen LogP contribution in [0.4, 0.5) is 0 Å². The summed E-state index contributed by atoms with van der Waals surface area (Å²) in [5, 5.41) is 3.58. The molecule has 0 aliphatic heterocycles. The van der Waals surface area contributed by atoms with Crippen molar-refractivity contribution in [3.8, 4) is 5.69 Å². The Labute approximate surface area is 190 Å². The Morgan fingerprint density at radius 1 is 1.26 bits per heavy atom. The number of benzene rings is 2. The van der Waals surface area contributed by atoms with Crippen LogP contribution in [0.25, 0.3) is 16.6 Å². The number of halogens is 1. The molecule has 0 unspecified atom stereocenters. The molecule has 31 heavy (non-hydrogen) atoms. The van der Waals surface area contributed by atoms with E-state index in [1.807, 2.05) is 0 Å². The first-order chi connectivity index (χ1) is 14.8. The van der Waals surface area contributed by atoms with Crippen molar-refractivity contribution in [1.82, 2.24) is 14.9 Å². The topological polar surface area (TPSA) is 82.4 Å². The predicted octanol–water partition coefficient (Wildman–Crippen LogP) is 3.85. The van der Waals surface area contributed by atoms with Crippen LogP contribution in [0, 0.1) is 13.8 Å². The van der Waals surface area contributed by atoms with Gasteiger partial charge in [0.25, 0.3) is 10.7 Å². The average molecular weight is 460 g/mol. The van der Waals surface area contributed by atoms with Crippen LogP contribution in [0.1, 0.15) is 34.2 Å². The molecule has 0 atom stereocenters. The second-order valence-corrected chi connectivity index (χ2v) is 7.53. The SMILES string of the molecule is CCOC(=O)c1c(C)cc2nc(COC(=S)NC)n(-c3ccccc3Cl)c(=O)c2c1C. The summed E-state index contributed by atoms with van der Waals surface area (Å²) in [5.41, 5.74) is 2.07. The number of hydrogen-bond donors (Lipinski definition) is 1. The van der Waals surface area contributed by atoms with Gasteiger partial charge in [-0.05, 0) is 62.3 Å². The van der Waals surface area contributed by atoms with Crippen LogP contribution in [0.3, 0.4) is 0 Å². The number of aryl methyl sites for hydroxylation is 2. The van der Waals surface area contributed by atoms with Crippen LogP contribution in [-0.4, -0.2) is 34.3 Å². The van der Waals surface area contributed by atoms with E-state index < -0.39 is 5.97 Å². The molecule has 0 fully saturated rings. The zero-order chi connectivity index (χ0) is 22.7. The summed E-state index contributed by atoms with van der Waals surface area (Å²) in [7, 11) is 1.64. The number of nitrogens with zero attached hydrogens (tertiary/aromatic N) is 2. The fourth-order valence-corrected chi connectivity index (χ4v) is 3.72. The quantitative estimate of drug-likeness (QED) is 0.458. The van der Waals surface area contributed by atoms with Crippen molar-refractivity contribution in [2.24, 2.45) is 0 Å². The molecule has 0 aliphatic carbocycles. The highest BCUT2D eigenvalue weighted by atomic mass is 35.5. The highest BCUT2D eigenvalue weighted by Gasteiger charge is 2.22. The molecule has 0 aliphatic rings. The van der Waals surface area contributed by atoms with E-state index in [2.05, 4.69) is 10.3 Å². The second-order valence-electron chi connectivity index (χ2n) is 6.75. The Morgan fingerprint density at radius 2 is 1.97 bits per heavy atom. The van der Waals surface area contributed by atoms with E-state index in [4.69, 9.17) is 33.3 Å². The first-order valence-corrected chi connectivity index (χ1v) is 10.4. The van der Waals surface area contributed by atoms with Crippen molar-refractivity contribution in [1.29, 1.82) is 0 Å². The lowest BCUT2D eigenvalue weighted by Gasteiger charge is -2.18. The normalized spacial score (nSPS) is 10.7. The van der Waals surface area contributed by atoms with Crippen LogP contribution in [0.15, 0.2) is 35.1 Å². The molecule has 1 N–H and O–H groups in total. The van der Waals surface area contributed by atoms with Crippen LogP contribution in [0.5, 0.6) is 0 Å². The highest BCUT2D eigenvalue weighted by Crippen LogP contribution is 2.26. The lowest BCUT2D eigenvalue weighted by Crippen LogP contribution is -2.27. The zero-order valence-corrected chi connectivity index (χ0v) is 19.2. The zero-order valence-electron chi connectivity index (χ0n) is 17.6. The van der Waals surface area contributed by atoms with Gasteiger partial charge in [-0.25, -0.2) is 9.78 Å². The molecule has 1 heterocycles. The van der Waals surface area contributed by atoms with E-state index in [-0.39, 0.29) is 23.9 Å². The minimum absolute atomic E-state index is 0.0478. The molecule has 1 aromatic heterocycles. The maximum Gasteiger partial charge on any atom is 0.338 e. The Bertz CT molecular complexity index is 1240. The lowest BCUT2D eigenvalue weighted by molar-refractivity contribution is 0.0525. The standard InChI is InChI=1S/C22H22ClN3O4S/c1-5-29-21(28)18-12(2)10-15-19(13(18)3)20(27)26(16-9-7-6-8-14(16)23)17(25-15)11-30-22(31)24-4/h6-10H,5,11H2,1-4H3,(H,24,31). The Kier molecular flexibility index (Phi) is 6.92. The van der Waals surface area contributed by atoms with Gasteiger partial charge in [0.05, 0.1) is 33.8 Å². The number of nitrogens with one attached hydrogen (secondary N) is 1. The molecule has 162 valence electrons. The van der Waals surface area contributed by atoms with Crippen molar-refractivity contribution >= 4 is 45.9 Å². The smallest absolute Gasteiger partial charge is 0.338 e. The number of esters is 1. The van der Waals surface area contributed by atoms with Gasteiger partial charge >= 0.3 is 5.97 Å². The second kappa shape index (κ2) is 9.45. The maximum atomic E-state index is 13.7. The third kappa shape index (κ3) is 4.40. The number of para-hydroxylation sites is 1. The molecule has 2 aromatic carbocycles. The number of thiocarbonyl (C=S) groups is 1. The summed E-state index contributed by atoms with van der Waals surface area (Å²) in [4.78, 5) is 30.9. The molecule has 0 bridgehead atoms. The molecule has 0 saturated heterocycles. The molecule has 7 nitrogen and oxygen atoms in total. The van der Waals surface area contributed by atoms with Gasteiger partial charge in [-0.15, -0.1) is 0 Å². The molecule has 3 aromatic rings. The van der Waals surface area contributed by atoms with Crippen LogP contribution in [0.2, 0.25) is 5.02 Å². The first-order valence-electron chi connectivity index (χ1n) is 9.62. The number of hydrogen-bond acceptors (Lipinski definition) is 6. The van der Waals surface area contributed by atoms with Crippen LogP contribution in [-0.2, 0) is 16.1 Å². The molecular weight excluding hydrogens is 438 g/mol. The van der Waals surface area contributed by atoms with Crippen LogP contribution < -0.4 is 10.9 Å². The van der Waals surface area contributed by atoms with Gasteiger partial charge in [-0.1, -0.05) is 23.7 Å². The monoisotopic (exact) mass is 459 g/mol. The lowest BCUT2D eigenvalue weighted by atomic mass is 9.98. The Hall–Kier alpha value is -2.97. The fraction of sp³-hybridized carbons (Fsp3) is 0.273. The maximum absolute atomic E-state index is 13.7. The molecule has 0 saturated carbocycles. The van der Waals surface area contributed by atoms with Crippen molar-refractivity contribution in [3.05, 3.63) is 68.2 Å². The van der Waals surface area contributed by atoms with Gasteiger partial charge in [-0.2, -0.15) is 0 Å². The first kappa shape index (κ1) is 22.7. The van der Waals surface area contributed by atoms with Crippen molar-refractivity contribution in [2.45, 2.75) is 27.4 Å². The molecular formula is C22H22ClN3O4S. The summed E-state index contributed by atoms with van der Waals surface area (Å²) < 4.78 is 12.1. The number of fused-ring (bicyclic) bond motifs is 1. The van der Waals surface area contributed by atoms with E-state index in [1.54, 1.807) is 58.2 Å².